The first kappa shape index (κ1) is 14.5. The molecule has 1 N–H and O–H groups in total. The lowest BCUT2D eigenvalue weighted by atomic mass is 10.2. The summed E-state index contributed by atoms with van der Waals surface area (Å²) in [7, 11) is 1.99. The van der Waals surface area contributed by atoms with E-state index in [0.717, 1.165) is 31.0 Å². The fraction of sp³-hybridized carbons (Fsp3) is 0.467. The van der Waals surface area contributed by atoms with Gasteiger partial charge in [0.2, 0.25) is 0 Å². The van der Waals surface area contributed by atoms with Crippen LogP contribution in [0.1, 0.15) is 18.7 Å². The molecule has 6 heteroatoms. The summed E-state index contributed by atoms with van der Waals surface area (Å²) in [6, 6.07) is 7.99. The van der Waals surface area contributed by atoms with Crippen LogP contribution in [-0.4, -0.2) is 41.2 Å². The van der Waals surface area contributed by atoms with Crippen LogP contribution < -0.4 is 5.32 Å². The average Bonchev–Trinajstić information content (AvgIpc) is 3.11. The molecule has 2 aromatic rings. The van der Waals surface area contributed by atoms with Crippen LogP contribution in [0.2, 0.25) is 5.02 Å². The number of hydrogen-bond donors (Lipinski definition) is 1. The van der Waals surface area contributed by atoms with Crippen molar-refractivity contribution in [3.8, 4) is 11.5 Å². The van der Waals surface area contributed by atoms with Crippen molar-refractivity contribution in [2.24, 2.45) is 0 Å². The lowest BCUT2D eigenvalue weighted by molar-refractivity contribution is 0.233. The number of likely N-dealkylation sites (tertiary alicyclic amines) is 1. The van der Waals surface area contributed by atoms with Gasteiger partial charge in [-0.3, -0.25) is 4.90 Å². The highest BCUT2D eigenvalue weighted by atomic mass is 35.5. The van der Waals surface area contributed by atoms with Crippen molar-refractivity contribution in [3.63, 3.8) is 0 Å². The van der Waals surface area contributed by atoms with Crippen LogP contribution in [0.25, 0.3) is 11.5 Å². The van der Waals surface area contributed by atoms with Gasteiger partial charge in [-0.05, 0) is 50.7 Å². The van der Waals surface area contributed by atoms with E-state index in [1.54, 1.807) is 0 Å². The third kappa shape index (κ3) is 3.43. The molecule has 1 aromatic heterocycles. The molecule has 0 aliphatic carbocycles. The molecule has 1 aromatic carbocycles. The molecule has 1 aliphatic rings. The summed E-state index contributed by atoms with van der Waals surface area (Å²) in [4.78, 5) is 6.90. The molecule has 1 unspecified atom stereocenters. The van der Waals surface area contributed by atoms with Gasteiger partial charge in [-0.25, -0.2) is 0 Å². The Morgan fingerprint density at radius 1 is 1.38 bits per heavy atom. The molecule has 3 rings (SSSR count). The molecule has 0 radical (unpaired) electrons. The standard InChI is InChI=1S/C15H19ClN4O/c1-17-9-13-3-2-8-20(13)10-14-18-15(21-19-14)11-4-6-12(16)7-5-11/h4-7,13,17H,2-3,8-10H2,1H3. The molecule has 1 saturated heterocycles. The van der Waals surface area contributed by atoms with Gasteiger partial charge in [-0.1, -0.05) is 16.8 Å². The molecule has 1 atom stereocenters. The van der Waals surface area contributed by atoms with E-state index >= 15 is 0 Å². The zero-order chi connectivity index (χ0) is 14.7. The zero-order valence-electron chi connectivity index (χ0n) is 12.1. The van der Waals surface area contributed by atoms with Crippen molar-refractivity contribution in [2.45, 2.75) is 25.4 Å². The van der Waals surface area contributed by atoms with E-state index in [4.69, 9.17) is 16.1 Å². The largest absolute Gasteiger partial charge is 0.334 e. The fourth-order valence-corrected chi connectivity index (χ4v) is 2.91. The Balaban J connectivity index is 1.69. The summed E-state index contributed by atoms with van der Waals surface area (Å²) in [6.45, 7) is 2.84. The molecule has 0 amide bonds. The van der Waals surface area contributed by atoms with Gasteiger partial charge < -0.3 is 9.84 Å². The molecule has 0 bridgehead atoms. The quantitative estimate of drug-likeness (QED) is 0.920. The minimum Gasteiger partial charge on any atom is -0.334 e. The van der Waals surface area contributed by atoms with Crippen LogP contribution in [-0.2, 0) is 6.54 Å². The monoisotopic (exact) mass is 306 g/mol. The van der Waals surface area contributed by atoms with Crippen molar-refractivity contribution in [2.75, 3.05) is 20.1 Å². The van der Waals surface area contributed by atoms with Gasteiger partial charge in [0, 0.05) is 23.2 Å². The number of hydrogen-bond acceptors (Lipinski definition) is 5. The summed E-state index contributed by atoms with van der Waals surface area (Å²) in [6.07, 6.45) is 2.46. The van der Waals surface area contributed by atoms with E-state index in [2.05, 4.69) is 20.4 Å². The molecule has 2 heterocycles. The number of aromatic nitrogens is 2. The third-order valence-electron chi connectivity index (χ3n) is 3.84. The van der Waals surface area contributed by atoms with Crippen molar-refractivity contribution >= 4 is 11.6 Å². The Morgan fingerprint density at radius 3 is 2.95 bits per heavy atom. The molecule has 5 nitrogen and oxygen atoms in total. The van der Waals surface area contributed by atoms with E-state index in [0.29, 0.717) is 17.0 Å². The number of benzene rings is 1. The Bertz CT molecular complexity index is 584. The summed E-state index contributed by atoms with van der Waals surface area (Å²) in [5.41, 5.74) is 0.895. The molecule has 112 valence electrons. The van der Waals surface area contributed by atoms with Crippen molar-refractivity contribution < 1.29 is 4.52 Å². The van der Waals surface area contributed by atoms with Crippen LogP contribution in [0.3, 0.4) is 0 Å². The molecule has 1 fully saturated rings. The third-order valence-corrected chi connectivity index (χ3v) is 4.09. The van der Waals surface area contributed by atoms with Gasteiger partial charge in [0.05, 0.1) is 6.54 Å². The van der Waals surface area contributed by atoms with Gasteiger partial charge in [0.15, 0.2) is 5.82 Å². The lowest BCUT2D eigenvalue weighted by Crippen LogP contribution is -2.36. The molecule has 21 heavy (non-hydrogen) atoms. The number of rotatable bonds is 5. The van der Waals surface area contributed by atoms with Crippen LogP contribution in [0, 0.1) is 0 Å². The number of halogens is 1. The highest BCUT2D eigenvalue weighted by molar-refractivity contribution is 6.30. The van der Waals surface area contributed by atoms with E-state index in [1.165, 1.54) is 12.8 Å². The fourth-order valence-electron chi connectivity index (χ4n) is 2.78. The van der Waals surface area contributed by atoms with Gasteiger partial charge in [0.1, 0.15) is 0 Å². The minimum absolute atomic E-state index is 0.547. The maximum atomic E-state index is 5.88. The maximum absolute atomic E-state index is 5.88. The van der Waals surface area contributed by atoms with Crippen molar-refractivity contribution in [1.82, 2.24) is 20.4 Å². The summed E-state index contributed by atoms with van der Waals surface area (Å²) in [5.74, 6) is 1.29. The Kier molecular flexibility index (Phi) is 4.53. The highest BCUT2D eigenvalue weighted by Crippen LogP contribution is 2.22. The van der Waals surface area contributed by atoms with Gasteiger partial charge in [0.25, 0.3) is 5.89 Å². The first-order chi connectivity index (χ1) is 10.3. The van der Waals surface area contributed by atoms with Crippen LogP contribution in [0.15, 0.2) is 28.8 Å². The second kappa shape index (κ2) is 6.56. The van der Waals surface area contributed by atoms with Crippen LogP contribution >= 0.6 is 11.6 Å². The normalized spacial score (nSPS) is 19.2. The van der Waals surface area contributed by atoms with E-state index in [1.807, 2.05) is 31.3 Å². The molecular formula is C15H19ClN4O. The number of likely N-dealkylation sites (N-methyl/N-ethyl adjacent to an activating group) is 1. The van der Waals surface area contributed by atoms with E-state index < -0.39 is 0 Å². The van der Waals surface area contributed by atoms with Gasteiger partial charge >= 0.3 is 0 Å². The van der Waals surface area contributed by atoms with E-state index in [9.17, 15) is 0 Å². The first-order valence-corrected chi connectivity index (χ1v) is 7.61. The molecule has 1 aliphatic heterocycles. The summed E-state index contributed by atoms with van der Waals surface area (Å²) >= 11 is 5.88. The molecule has 0 spiro atoms. The molecular weight excluding hydrogens is 288 g/mol. The maximum Gasteiger partial charge on any atom is 0.257 e. The predicted molar refractivity (Wildman–Crippen MR) is 82.1 cm³/mol. The smallest absolute Gasteiger partial charge is 0.257 e. The van der Waals surface area contributed by atoms with Crippen LogP contribution in [0.4, 0.5) is 0 Å². The Hall–Kier alpha value is -1.43. The summed E-state index contributed by atoms with van der Waals surface area (Å²) in [5, 5.41) is 8.03. The average molecular weight is 307 g/mol. The van der Waals surface area contributed by atoms with Crippen molar-refractivity contribution in [3.05, 3.63) is 35.1 Å². The minimum atomic E-state index is 0.547. The number of nitrogens with zero attached hydrogens (tertiary/aromatic N) is 3. The predicted octanol–water partition coefficient (Wildman–Crippen LogP) is 2.57. The van der Waals surface area contributed by atoms with Gasteiger partial charge in [-0.2, -0.15) is 4.98 Å². The second-order valence-electron chi connectivity index (χ2n) is 5.35. The van der Waals surface area contributed by atoms with Crippen LogP contribution in [0.5, 0.6) is 0 Å². The Morgan fingerprint density at radius 2 is 2.19 bits per heavy atom. The Labute approximate surface area is 129 Å². The van der Waals surface area contributed by atoms with Crippen molar-refractivity contribution in [1.29, 1.82) is 0 Å². The van der Waals surface area contributed by atoms with E-state index in [-0.39, 0.29) is 0 Å². The SMILES string of the molecule is CNCC1CCCN1Cc1noc(-c2ccc(Cl)cc2)n1. The lowest BCUT2D eigenvalue weighted by Gasteiger charge is -2.22. The van der Waals surface area contributed by atoms with Gasteiger partial charge in [-0.15, -0.1) is 0 Å². The topological polar surface area (TPSA) is 54.2 Å². The second-order valence-corrected chi connectivity index (χ2v) is 5.78. The molecule has 0 saturated carbocycles. The number of nitrogens with one attached hydrogen (secondary N) is 1. The highest BCUT2D eigenvalue weighted by Gasteiger charge is 2.25. The summed E-state index contributed by atoms with van der Waals surface area (Å²) < 4.78 is 5.35. The first-order valence-electron chi connectivity index (χ1n) is 7.23. The zero-order valence-corrected chi connectivity index (χ0v) is 12.8.